The summed E-state index contributed by atoms with van der Waals surface area (Å²) in [5.74, 6) is -1.24. The Labute approximate surface area is 84.8 Å². The summed E-state index contributed by atoms with van der Waals surface area (Å²) in [6.07, 6.45) is 4.97. The molecule has 2 rings (SSSR count). The molecule has 2 heterocycles. The lowest BCUT2D eigenvalue weighted by molar-refractivity contribution is -0.146. The molecule has 0 aliphatic rings. The molecule has 0 aliphatic heterocycles. The number of aliphatic hydroxyl groups excluding tert-OH is 1. The fourth-order valence-corrected chi connectivity index (χ4v) is 1.33. The number of hydrogen-bond acceptors (Lipinski definition) is 4. The summed E-state index contributed by atoms with van der Waals surface area (Å²) >= 11 is 0. The smallest absolute Gasteiger partial charge is 0.332 e. The van der Waals surface area contributed by atoms with E-state index in [-0.39, 0.29) is 6.42 Å². The largest absolute Gasteiger partial charge is 0.479 e. The van der Waals surface area contributed by atoms with E-state index in [9.17, 15) is 9.90 Å². The molecule has 2 aromatic heterocycles. The lowest BCUT2D eigenvalue weighted by atomic mass is 10.2. The van der Waals surface area contributed by atoms with Gasteiger partial charge in [0.05, 0.1) is 6.20 Å². The van der Waals surface area contributed by atoms with E-state index in [1.165, 1.54) is 6.20 Å². The fourth-order valence-electron chi connectivity index (χ4n) is 1.33. The van der Waals surface area contributed by atoms with Gasteiger partial charge in [-0.25, -0.2) is 9.78 Å². The topological polar surface area (TPSA) is 87.7 Å². The SMILES string of the molecule is O=C(O)C(O)Cc1cnc2cnccn12. The van der Waals surface area contributed by atoms with Gasteiger partial charge in [0, 0.05) is 30.7 Å². The van der Waals surface area contributed by atoms with Crippen LogP contribution in [0.15, 0.2) is 24.8 Å². The summed E-state index contributed by atoms with van der Waals surface area (Å²) in [5.41, 5.74) is 1.27. The minimum absolute atomic E-state index is 0.0283. The molecule has 1 unspecified atom stereocenters. The second-order valence-corrected chi connectivity index (χ2v) is 3.11. The Morgan fingerprint density at radius 1 is 1.53 bits per heavy atom. The standard InChI is InChI=1S/C9H9N3O3/c13-7(9(14)15)3-6-4-11-8-5-10-1-2-12(6)8/h1-2,4-5,7,13H,3H2,(H,14,15). The Hall–Kier alpha value is -1.95. The Morgan fingerprint density at radius 2 is 2.33 bits per heavy atom. The minimum Gasteiger partial charge on any atom is -0.479 e. The molecule has 0 spiro atoms. The van der Waals surface area contributed by atoms with Crippen LogP contribution in [0.1, 0.15) is 5.69 Å². The first-order valence-corrected chi connectivity index (χ1v) is 4.35. The summed E-state index contributed by atoms with van der Waals surface area (Å²) in [6, 6.07) is 0. The van der Waals surface area contributed by atoms with Crippen molar-refractivity contribution in [1.29, 1.82) is 0 Å². The van der Waals surface area contributed by atoms with Crippen molar-refractivity contribution in [3.63, 3.8) is 0 Å². The van der Waals surface area contributed by atoms with E-state index in [1.807, 2.05) is 0 Å². The van der Waals surface area contributed by atoms with Crippen LogP contribution in [0.4, 0.5) is 0 Å². The highest BCUT2D eigenvalue weighted by molar-refractivity contribution is 5.72. The molecule has 0 radical (unpaired) electrons. The molecule has 2 aromatic rings. The zero-order valence-corrected chi connectivity index (χ0v) is 7.74. The molecule has 0 bridgehead atoms. The molecule has 0 saturated carbocycles. The van der Waals surface area contributed by atoms with Crippen LogP contribution in [0.2, 0.25) is 0 Å². The highest BCUT2D eigenvalue weighted by atomic mass is 16.4. The third-order valence-corrected chi connectivity index (χ3v) is 2.08. The maximum atomic E-state index is 10.5. The van der Waals surface area contributed by atoms with Gasteiger partial charge in [-0.15, -0.1) is 0 Å². The summed E-state index contributed by atoms with van der Waals surface area (Å²) in [4.78, 5) is 18.4. The van der Waals surface area contributed by atoms with Gasteiger partial charge < -0.3 is 14.6 Å². The van der Waals surface area contributed by atoms with Gasteiger partial charge in [0.15, 0.2) is 11.8 Å². The van der Waals surface area contributed by atoms with Crippen LogP contribution in [-0.4, -0.2) is 36.7 Å². The van der Waals surface area contributed by atoms with Crippen molar-refractivity contribution in [2.24, 2.45) is 0 Å². The van der Waals surface area contributed by atoms with Crippen molar-refractivity contribution in [1.82, 2.24) is 14.4 Å². The quantitative estimate of drug-likeness (QED) is 0.722. The van der Waals surface area contributed by atoms with Crippen molar-refractivity contribution < 1.29 is 15.0 Å². The van der Waals surface area contributed by atoms with Gasteiger partial charge in [0.2, 0.25) is 0 Å². The molecule has 0 amide bonds. The molecular formula is C9H9N3O3. The van der Waals surface area contributed by atoms with E-state index < -0.39 is 12.1 Å². The van der Waals surface area contributed by atoms with Crippen molar-refractivity contribution in [3.8, 4) is 0 Å². The van der Waals surface area contributed by atoms with E-state index in [1.54, 1.807) is 23.0 Å². The zero-order chi connectivity index (χ0) is 10.8. The second-order valence-electron chi connectivity index (χ2n) is 3.11. The predicted octanol–water partition coefficient (Wildman–Crippen LogP) is -0.283. The van der Waals surface area contributed by atoms with E-state index in [0.29, 0.717) is 11.3 Å². The summed E-state index contributed by atoms with van der Waals surface area (Å²) < 4.78 is 1.69. The number of imidazole rings is 1. The van der Waals surface area contributed by atoms with Gasteiger partial charge in [-0.05, 0) is 0 Å². The van der Waals surface area contributed by atoms with Gasteiger partial charge in [-0.1, -0.05) is 0 Å². The molecular weight excluding hydrogens is 198 g/mol. The van der Waals surface area contributed by atoms with Gasteiger partial charge >= 0.3 is 5.97 Å². The average Bonchev–Trinajstić information content (AvgIpc) is 2.62. The maximum Gasteiger partial charge on any atom is 0.332 e. The van der Waals surface area contributed by atoms with Crippen molar-refractivity contribution in [2.45, 2.75) is 12.5 Å². The number of fused-ring (bicyclic) bond motifs is 1. The van der Waals surface area contributed by atoms with Crippen LogP contribution in [0.3, 0.4) is 0 Å². The van der Waals surface area contributed by atoms with Crippen molar-refractivity contribution in [2.75, 3.05) is 0 Å². The number of aromatic nitrogens is 3. The third kappa shape index (κ3) is 1.79. The lowest BCUT2D eigenvalue weighted by Gasteiger charge is -2.04. The Balaban J connectivity index is 2.32. The summed E-state index contributed by atoms with van der Waals surface area (Å²) in [5, 5.41) is 17.8. The van der Waals surface area contributed by atoms with Crippen LogP contribution in [0.5, 0.6) is 0 Å². The van der Waals surface area contributed by atoms with Crippen molar-refractivity contribution in [3.05, 3.63) is 30.5 Å². The molecule has 6 nitrogen and oxygen atoms in total. The van der Waals surface area contributed by atoms with Crippen LogP contribution in [-0.2, 0) is 11.2 Å². The lowest BCUT2D eigenvalue weighted by Crippen LogP contribution is -2.22. The number of rotatable bonds is 3. The predicted molar refractivity (Wildman–Crippen MR) is 50.3 cm³/mol. The average molecular weight is 207 g/mol. The Bertz CT molecular complexity index is 494. The van der Waals surface area contributed by atoms with Gasteiger partial charge in [0.25, 0.3) is 0 Å². The first kappa shape index (κ1) is 9.60. The Kier molecular flexibility index (Phi) is 2.34. The van der Waals surface area contributed by atoms with Crippen LogP contribution in [0, 0.1) is 0 Å². The first-order valence-electron chi connectivity index (χ1n) is 4.35. The van der Waals surface area contributed by atoms with Gasteiger partial charge in [0.1, 0.15) is 0 Å². The fraction of sp³-hybridized carbons (Fsp3) is 0.222. The number of aliphatic hydroxyl groups is 1. The second kappa shape index (κ2) is 3.66. The molecule has 0 aromatic carbocycles. The number of nitrogens with zero attached hydrogens (tertiary/aromatic N) is 3. The molecule has 78 valence electrons. The highest BCUT2D eigenvalue weighted by Gasteiger charge is 2.16. The molecule has 2 N–H and O–H groups in total. The number of hydrogen-bond donors (Lipinski definition) is 2. The van der Waals surface area contributed by atoms with E-state index in [2.05, 4.69) is 9.97 Å². The molecule has 0 aliphatic carbocycles. The third-order valence-electron chi connectivity index (χ3n) is 2.08. The molecule has 0 saturated heterocycles. The highest BCUT2D eigenvalue weighted by Crippen LogP contribution is 2.07. The molecule has 6 heteroatoms. The number of carboxylic acid groups (broad SMARTS) is 1. The molecule has 0 fully saturated rings. The van der Waals surface area contributed by atoms with Gasteiger partial charge in [-0.2, -0.15) is 0 Å². The number of carboxylic acids is 1. The summed E-state index contributed by atoms with van der Waals surface area (Å²) in [7, 11) is 0. The number of aliphatic carboxylic acids is 1. The zero-order valence-electron chi connectivity index (χ0n) is 7.74. The summed E-state index contributed by atoms with van der Waals surface area (Å²) in [6.45, 7) is 0. The minimum atomic E-state index is -1.40. The van der Waals surface area contributed by atoms with E-state index in [4.69, 9.17) is 5.11 Å². The normalized spacial score (nSPS) is 12.9. The molecule has 1 atom stereocenters. The monoisotopic (exact) mass is 207 g/mol. The van der Waals surface area contributed by atoms with E-state index in [0.717, 1.165) is 0 Å². The van der Waals surface area contributed by atoms with E-state index >= 15 is 0 Å². The molecule has 15 heavy (non-hydrogen) atoms. The first-order chi connectivity index (χ1) is 7.18. The maximum absolute atomic E-state index is 10.5. The van der Waals surface area contributed by atoms with Crippen LogP contribution < -0.4 is 0 Å². The van der Waals surface area contributed by atoms with Crippen LogP contribution >= 0.6 is 0 Å². The van der Waals surface area contributed by atoms with Gasteiger partial charge in [-0.3, -0.25) is 4.98 Å². The number of carbonyl (C=O) groups is 1. The van der Waals surface area contributed by atoms with Crippen molar-refractivity contribution >= 4 is 11.6 Å². The van der Waals surface area contributed by atoms with Crippen LogP contribution in [0.25, 0.3) is 5.65 Å². The Morgan fingerprint density at radius 3 is 3.07 bits per heavy atom.